The third kappa shape index (κ3) is 13.6. The third-order valence-corrected chi connectivity index (χ3v) is 9.49. The van der Waals surface area contributed by atoms with Gasteiger partial charge in [-0.15, -0.1) is 0 Å². The van der Waals surface area contributed by atoms with Crippen molar-refractivity contribution in [2.75, 3.05) is 32.7 Å². The fourth-order valence-corrected chi connectivity index (χ4v) is 6.73. The van der Waals surface area contributed by atoms with E-state index in [0.717, 1.165) is 36.6 Å². The number of aliphatic hydroxyl groups is 1. The number of rotatable bonds is 13. The molecule has 0 bridgehead atoms. The number of pyridine rings is 1. The number of likely N-dealkylation sites (tertiary alicyclic amines) is 1. The van der Waals surface area contributed by atoms with Gasteiger partial charge in [-0.3, -0.25) is 19.5 Å². The van der Waals surface area contributed by atoms with E-state index in [1.807, 2.05) is 58.0 Å². The van der Waals surface area contributed by atoms with E-state index in [1.54, 1.807) is 12.3 Å². The molecule has 5 atom stereocenters. The molecule has 2 aliphatic rings. The van der Waals surface area contributed by atoms with Crippen molar-refractivity contribution >= 4 is 11.8 Å². The Morgan fingerprint density at radius 2 is 1.77 bits per heavy atom. The number of hydrogen-bond donors (Lipinski definition) is 5. The topological polar surface area (TPSA) is 130 Å². The number of fused-ring (bicyclic) bond motifs is 1. The maximum Gasteiger partial charge on any atom is 0.253 e. The van der Waals surface area contributed by atoms with E-state index in [2.05, 4.69) is 46.6 Å². The standard InChI is InChI=1S/C33H49N5O3.C5H13NO/c1-23-14-27(18-34-17-23)32(41)35-20-31(40)37-29(15-24-10-6-5-7-11-24)30(39)22-38-21-26-13-9-8-12-25(26)16-28(38)19-36-33(2,3)4;1-4-6(7)5(2)3/h5-7,10-11,14,17-18,25-26,28-30,36,39H,8-9,12-13,15-16,19-22H2,1-4H3,(H,35,41)(H,37,40);5,7H,4H2,1-3H3. The summed E-state index contributed by atoms with van der Waals surface area (Å²) in [6.07, 6.45) is 9.26. The molecule has 1 aromatic carbocycles. The van der Waals surface area contributed by atoms with Gasteiger partial charge in [-0.25, -0.2) is 0 Å². The number of nitrogens with one attached hydrogen (secondary N) is 3. The van der Waals surface area contributed by atoms with Crippen LogP contribution in [0.15, 0.2) is 48.8 Å². The third-order valence-electron chi connectivity index (χ3n) is 9.49. The van der Waals surface area contributed by atoms with Gasteiger partial charge in [0.1, 0.15) is 0 Å². The summed E-state index contributed by atoms with van der Waals surface area (Å²) in [5.41, 5.74) is 2.36. The van der Waals surface area contributed by atoms with E-state index in [9.17, 15) is 14.7 Å². The molecule has 48 heavy (non-hydrogen) atoms. The Balaban J connectivity index is 0.000000804. The Labute approximate surface area is 289 Å². The lowest BCUT2D eigenvalue weighted by Gasteiger charge is -2.48. The van der Waals surface area contributed by atoms with Gasteiger partial charge >= 0.3 is 0 Å². The molecule has 1 aliphatic heterocycles. The summed E-state index contributed by atoms with van der Waals surface area (Å²) in [7, 11) is 0. The van der Waals surface area contributed by atoms with Gasteiger partial charge in [-0.1, -0.05) is 56.5 Å². The van der Waals surface area contributed by atoms with Crippen molar-refractivity contribution in [3.63, 3.8) is 0 Å². The second-order valence-electron chi connectivity index (χ2n) is 15.0. The minimum atomic E-state index is -0.756. The SMILES string of the molecule is CCN(O)C(C)C.Cc1cncc(C(=O)NCC(=O)NC(Cc2ccccc2)C(O)CN2CC3CCCCC3CC2CNC(C)(C)C)c1. The predicted molar refractivity (Wildman–Crippen MR) is 192 cm³/mol. The average Bonchev–Trinajstić information content (AvgIpc) is 3.05. The van der Waals surface area contributed by atoms with Crippen LogP contribution in [0.25, 0.3) is 0 Å². The molecule has 1 saturated carbocycles. The zero-order valence-corrected chi connectivity index (χ0v) is 30.4. The number of carbonyl (C=O) groups is 2. The van der Waals surface area contributed by atoms with Gasteiger partial charge in [0.15, 0.2) is 0 Å². The zero-order valence-electron chi connectivity index (χ0n) is 30.4. The fraction of sp³-hybridized carbons (Fsp3) is 0.658. The monoisotopic (exact) mass is 666 g/mol. The van der Waals surface area contributed by atoms with E-state index in [-0.39, 0.29) is 29.9 Å². The predicted octanol–water partition coefficient (Wildman–Crippen LogP) is 4.58. The average molecular weight is 667 g/mol. The number of hydrogen-bond acceptors (Lipinski definition) is 8. The summed E-state index contributed by atoms with van der Waals surface area (Å²) in [6.45, 7) is 17.2. The van der Waals surface area contributed by atoms with E-state index in [1.165, 1.54) is 36.9 Å². The lowest BCUT2D eigenvalue weighted by molar-refractivity contribution is -0.122. The number of carbonyl (C=O) groups excluding carboxylic acids is 2. The molecular formula is C38H62N6O4. The van der Waals surface area contributed by atoms with Crippen LogP contribution in [0.5, 0.6) is 0 Å². The van der Waals surface area contributed by atoms with Crippen LogP contribution in [0, 0.1) is 18.8 Å². The Bertz CT molecular complexity index is 1250. The van der Waals surface area contributed by atoms with Crippen molar-refractivity contribution < 1.29 is 19.9 Å². The van der Waals surface area contributed by atoms with Crippen LogP contribution in [0.1, 0.15) is 95.1 Å². The largest absolute Gasteiger partial charge is 0.390 e. The number of aromatic nitrogens is 1. The van der Waals surface area contributed by atoms with Gasteiger partial charge in [-0.2, -0.15) is 5.06 Å². The van der Waals surface area contributed by atoms with E-state index < -0.39 is 12.1 Å². The van der Waals surface area contributed by atoms with Crippen LogP contribution < -0.4 is 16.0 Å². The van der Waals surface area contributed by atoms with Crippen LogP contribution in [0.3, 0.4) is 0 Å². The van der Waals surface area contributed by atoms with E-state index in [0.29, 0.717) is 37.0 Å². The van der Waals surface area contributed by atoms with Gasteiger partial charge in [0.25, 0.3) is 5.91 Å². The molecule has 1 saturated heterocycles. The van der Waals surface area contributed by atoms with Gasteiger partial charge in [0.05, 0.1) is 24.3 Å². The second-order valence-corrected chi connectivity index (χ2v) is 15.0. The van der Waals surface area contributed by atoms with Crippen molar-refractivity contribution in [3.05, 3.63) is 65.5 Å². The molecule has 2 heterocycles. The van der Waals surface area contributed by atoms with Crippen molar-refractivity contribution in [1.29, 1.82) is 0 Å². The Morgan fingerprint density at radius 1 is 1.08 bits per heavy atom. The molecule has 2 fully saturated rings. The first-order chi connectivity index (χ1) is 22.8. The number of aliphatic hydroxyl groups excluding tert-OH is 1. The second kappa shape index (κ2) is 19.3. The number of benzene rings is 1. The molecular weight excluding hydrogens is 604 g/mol. The normalized spacial score (nSPS) is 21.1. The lowest BCUT2D eigenvalue weighted by Crippen LogP contribution is -2.58. The van der Waals surface area contributed by atoms with E-state index in [4.69, 9.17) is 5.21 Å². The molecule has 4 rings (SSSR count). The van der Waals surface area contributed by atoms with Crippen LogP contribution in [-0.4, -0.2) is 99.6 Å². The maximum atomic E-state index is 13.0. The van der Waals surface area contributed by atoms with E-state index >= 15 is 0 Å². The van der Waals surface area contributed by atoms with Crippen molar-refractivity contribution in [1.82, 2.24) is 30.9 Å². The van der Waals surface area contributed by atoms with Crippen molar-refractivity contribution in [3.8, 4) is 0 Å². The summed E-state index contributed by atoms with van der Waals surface area (Å²) in [6, 6.07) is 11.8. The zero-order chi connectivity index (χ0) is 35.3. The lowest BCUT2D eigenvalue weighted by atomic mass is 9.72. The van der Waals surface area contributed by atoms with Gasteiger partial charge in [0.2, 0.25) is 5.91 Å². The summed E-state index contributed by atoms with van der Waals surface area (Å²) in [5, 5.41) is 31.1. The number of hydroxylamine groups is 2. The van der Waals surface area contributed by atoms with Gasteiger partial charge < -0.3 is 26.3 Å². The highest BCUT2D eigenvalue weighted by atomic mass is 16.5. The molecule has 10 heteroatoms. The summed E-state index contributed by atoms with van der Waals surface area (Å²) in [5.74, 6) is 0.767. The molecule has 0 spiro atoms. The summed E-state index contributed by atoms with van der Waals surface area (Å²) >= 11 is 0. The summed E-state index contributed by atoms with van der Waals surface area (Å²) < 4.78 is 0. The highest BCUT2D eigenvalue weighted by Gasteiger charge is 2.38. The first-order valence-corrected chi connectivity index (χ1v) is 17.9. The highest BCUT2D eigenvalue weighted by molar-refractivity contribution is 5.96. The van der Waals surface area contributed by atoms with Crippen LogP contribution >= 0.6 is 0 Å². The smallest absolute Gasteiger partial charge is 0.253 e. The minimum Gasteiger partial charge on any atom is -0.390 e. The van der Waals surface area contributed by atoms with Crippen LogP contribution in [0.4, 0.5) is 0 Å². The molecule has 1 aromatic heterocycles. The van der Waals surface area contributed by atoms with Crippen molar-refractivity contribution in [2.24, 2.45) is 11.8 Å². The fourth-order valence-electron chi connectivity index (χ4n) is 6.73. The highest BCUT2D eigenvalue weighted by Crippen LogP contribution is 2.38. The first kappa shape index (κ1) is 39.5. The van der Waals surface area contributed by atoms with Crippen LogP contribution in [-0.2, 0) is 11.2 Å². The Hall–Kier alpha value is -2.89. The quantitative estimate of drug-likeness (QED) is 0.197. The minimum absolute atomic E-state index is 0.0243. The number of β-amino-alcohol motifs (C(OH)–C–C–N with tert-alkyl or cyclic N) is 1. The molecule has 0 radical (unpaired) electrons. The number of nitrogens with zero attached hydrogens (tertiary/aromatic N) is 3. The number of amides is 2. The Kier molecular flexibility index (Phi) is 15.9. The van der Waals surface area contributed by atoms with Crippen molar-refractivity contribution in [2.45, 2.75) is 117 Å². The molecule has 5 N–H and O–H groups in total. The molecule has 1 aliphatic carbocycles. The summed E-state index contributed by atoms with van der Waals surface area (Å²) in [4.78, 5) is 32.1. The first-order valence-electron chi connectivity index (χ1n) is 17.9. The van der Waals surface area contributed by atoms with Gasteiger partial charge in [-0.05, 0) is 89.8 Å². The number of piperidine rings is 1. The molecule has 268 valence electrons. The van der Waals surface area contributed by atoms with Crippen LogP contribution in [0.2, 0.25) is 0 Å². The maximum absolute atomic E-state index is 13.0. The molecule has 5 unspecified atom stereocenters. The molecule has 2 aromatic rings. The number of aryl methyl sites for hydroxylation is 1. The Morgan fingerprint density at radius 3 is 2.38 bits per heavy atom. The van der Waals surface area contributed by atoms with Gasteiger partial charge in [0, 0.05) is 56.2 Å². The molecule has 2 amide bonds. The molecule has 10 nitrogen and oxygen atoms in total.